The second kappa shape index (κ2) is 4.59. The van der Waals surface area contributed by atoms with Crippen molar-refractivity contribution < 1.29 is 0 Å². The zero-order valence-electron chi connectivity index (χ0n) is 8.72. The van der Waals surface area contributed by atoms with Gasteiger partial charge in [0.25, 0.3) is 0 Å². The van der Waals surface area contributed by atoms with Crippen LogP contribution in [0.25, 0.3) is 11.3 Å². The van der Waals surface area contributed by atoms with Crippen molar-refractivity contribution in [2.45, 2.75) is 13.3 Å². The molecule has 0 atom stereocenters. The number of rotatable bonds is 2. The van der Waals surface area contributed by atoms with Gasteiger partial charge in [0.1, 0.15) is 5.82 Å². The summed E-state index contributed by atoms with van der Waals surface area (Å²) in [5.74, 6) is 0.577. The Hall–Kier alpha value is -0.810. The van der Waals surface area contributed by atoms with Crippen LogP contribution < -0.4 is 5.73 Å². The van der Waals surface area contributed by atoms with E-state index in [-0.39, 0.29) is 0 Å². The van der Waals surface area contributed by atoms with Crippen LogP contribution in [0.4, 0.5) is 5.82 Å². The van der Waals surface area contributed by atoms with E-state index < -0.39 is 0 Å². The number of halogens is 2. The fourth-order valence-corrected chi connectivity index (χ4v) is 2.97. The summed E-state index contributed by atoms with van der Waals surface area (Å²) in [6, 6.07) is 6.07. The molecule has 0 bridgehead atoms. The molecular weight excluding hydrogens is 334 g/mol. The molecule has 16 heavy (non-hydrogen) atoms. The number of H-pyrrole nitrogens is 1. The Kier molecular flexibility index (Phi) is 3.35. The summed E-state index contributed by atoms with van der Waals surface area (Å²) in [7, 11) is 0. The Balaban J connectivity index is 2.58. The van der Waals surface area contributed by atoms with Crippen LogP contribution in [-0.2, 0) is 6.42 Å². The predicted octanol–water partition coefficient (Wildman–Crippen LogP) is 3.75. The van der Waals surface area contributed by atoms with Crippen molar-refractivity contribution >= 4 is 37.7 Å². The monoisotopic (exact) mass is 343 g/mol. The minimum atomic E-state index is 0.577. The maximum atomic E-state index is 5.80. The van der Waals surface area contributed by atoms with Crippen LogP contribution in [0.1, 0.15) is 12.5 Å². The summed E-state index contributed by atoms with van der Waals surface area (Å²) in [5, 5.41) is 7.02. The van der Waals surface area contributed by atoms with E-state index in [1.807, 2.05) is 18.2 Å². The minimum Gasteiger partial charge on any atom is -0.382 e. The smallest absolute Gasteiger partial charge is 0.149 e. The van der Waals surface area contributed by atoms with Crippen LogP contribution in [0.2, 0.25) is 0 Å². The molecular formula is C11H11Br2N3. The molecule has 0 saturated carbocycles. The number of anilines is 1. The molecule has 0 unspecified atom stereocenters. The number of nitrogen functional groups attached to an aromatic ring is 1. The average Bonchev–Trinajstić information content (AvgIpc) is 2.58. The van der Waals surface area contributed by atoms with Crippen LogP contribution in [0.3, 0.4) is 0 Å². The lowest BCUT2D eigenvalue weighted by Crippen LogP contribution is -1.91. The highest BCUT2D eigenvalue weighted by Gasteiger charge is 2.11. The molecule has 1 aromatic carbocycles. The van der Waals surface area contributed by atoms with E-state index in [1.165, 1.54) is 0 Å². The molecule has 0 radical (unpaired) electrons. The molecule has 2 aromatic rings. The topological polar surface area (TPSA) is 54.7 Å². The van der Waals surface area contributed by atoms with Crippen molar-refractivity contribution in [1.82, 2.24) is 10.2 Å². The first-order chi connectivity index (χ1) is 7.61. The summed E-state index contributed by atoms with van der Waals surface area (Å²) >= 11 is 6.94. The summed E-state index contributed by atoms with van der Waals surface area (Å²) < 4.78 is 2.04. The average molecular weight is 345 g/mol. The number of aromatic nitrogens is 2. The van der Waals surface area contributed by atoms with Crippen molar-refractivity contribution in [2.75, 3.05) is 5.73 Å². The van der Waals surface area contributed by atoms with Gasteiger partial charge in [-0.1, -0.05) is 38.8 Å². The normalized spacial score (nSPS) is 10.7. The van der Waals surface area contributed by atoms with Crippen molar-refractivity contribution in [3.63, 3.8) is 0 Å². The van der Waals surface area contributed by atoms with Gasteiger partial charge in [0, 0.05) is 20.1 Å². The standard InChI is InChI=1S/C11H11Br2N3/c1-2-9-10(15-16-11(9)14)6-3-7(12)5-8(13)4-6/h3-5H,2H2,1H3,(H3,14,15,16). The predicted molar refractivity (Wildman–Crippen MR) is 73.2 cm³/mol. The highest BCUT2D eigenvalue weighted by molar-refractivity contribution is 9.11. The Morgan fingerprint density at radius 1 is 1.25 bits per heavy atom. The Labute approximate surface area is 111 Å². The molecule has 0 saturated heterocycles. The molecule has 1 heterocycles. The number of hydrogen-bond acceptors (Lipinski definition) is 2. The van der Waals surface area contributed by atoms with Crippen LogP contribution in [0.15, 0.2) is 27.1 Å². The van der Waals surface area contributed by atoms with E-state index in [0.29, 0.717) is 5.82 Å². The van der Waals surface area contributed by atoms with Gasteiger partial charge in [-0.25, -0.2) is 0 Å². The van der Waals surface area contributed by atoms with E-state index in [1.54, 1.807) is 0 Å². The number of benzene rings is 1. The molecule has 5 heteroatoms. The van der Waals surface area contributed by atoms with E-state index in [0.717, 1.165) is 32.2 Å². The summed E-state index contributed by atoms with van der Waals surface area (Å²) in [5.41, 5.74) is 8.92. The number of nitrogens with one attached hydrogen (secondary N) is 1. The van der Waals surface area contributed by atoms with E-state index in [2.05, 4.69) is 49.0 Å². The van der Waals surface area contributed by atoms with Crippen LogP contribution >= 0.6 is 31.9 Å². The quantitative estimate of drug-likeness (QED) is 0.871. The van der Waals surface area contributed by atoms with Gasteiger partial charge >= 0.3 is 0 Å². The maximum Gasteiger partial charge on any atom is 0.149 e. The van der Waals surface area contributed by atoms with Gasteiger partial charge in [-0.3, -0.25) is 5.10 Å². The van der Waals surface area contributed by atoms with Crippen molar-refractivity contribution in [1.29, 1.82) is 0 Å². The first-order valence-electron chi connectivity index (χ1n) is 4.91. The zero-order chi connectivity index (χ0) is 11.7. The molecule has 0 amide bonds. The molecule has 0 aliphatic carbocycles. The van der Waals surface area contributed by atoms with E-state index >= 15 is 0 Å². The fourth-order valence-electron chi connectivity index (χ4n) is 1.67. The third kappa shape index (κ3) is 2.15. The lowest BCUT2D eigenvalue weighted by molar-refractivity contribution is 1.10. The number of aromatic amines is 1. The van der Waals surface area contributed by atoms with Crippen LogP contribution in [-0.4, -0.2) is 10.2 Å². The van der Waals surface area contributed by atoms with Gasteiger partial charge in [-0.05, 0) is 24.6 Å². The first-order valence-corrected chi connectivity index (χ1v) is 6.49. The molecule has 3 N–H and O–H groups in total. The molecule has 84 valence electrons. The zero-order valence-corrected chi connectivity index (χ0v) is 11.9. The van der Waals surface area contributed by atoms with Gasteiger partial charge < -0.3 is 5.73 Å². The van der Waals surface area contributed by atoms with Gasteiger partial charge in [-0.15, -0.1) is 0 Å². The first kappa shape index (κ1) is 11.7. The molecule has 0 spiro atoms. The molecule has 2 rings (SSSR count). The number of hydrogen-bond donors (Lipinski definition) is 2. The molecule has 0 aliphatic rings. The van der Waals surface area contributed by atoms with Crippen LogP contribution in [0, 0.1) is 0 Å². The third-order valence-electron chi connectivity index (χ3n) is 2.40. The van der Waals surface area contributed by atoms with Crippen LogP contribution in [0.5, 0.6) is 0 Å². The molecule has 1 aromatic heterocycles. The Morgan fingerprint density at radius 2 is 1.88 bits per heavy atom. The summed E-state index contributed by atoms with van der Waals surface area (Å²) in [6.45, 7) is 2.07. The second-order valence-corrected chi connectivity index (χ2v) is 5.31. The lowest BCUT2D eigenvalue weighted by atomic mass is 10.1. The maximum absolute atomic E-state index is 5.80. The van der Waals surface area contributed by atoms with E-state index in [9.17, 15) is 0 Å². The van der Waals surface area contributed by atoms with Gasteiger partial charge in [-0.2, -0.15) is 5.10 Å². The SMILES string of the molecule is CCc1c(N)n[nH]c1-c1cc(Br)cc(Br)c1. The van der Waals surface area contributed by atoms with Gasteiger partial charge in [0.05, 0.1) is 5.69 Å². The largest absolute Gasteiger partial charge is 0.382 e. The van der Waals surface area contributed by atoms with Gasteiger partial charge in [0.15, 0.2) is 0 Å². The van der Waals surface area contributed by atoms with E-state index in [4.69, 9.17) is 5.73 Å². The third-order valence-corrected chi connectivity index (χ3v) is 3.32. The van der Waals surface area contributed by atoms with Gasteiger partial charge in [0.2, 0.25) is 0 Å². The number of nitrogens with two attached hydrogens (primary N) is 1. The Bertz CT molecular complexity index is 500. The molecule has 3 nitrogen and oxygen atoms in total. The highest BCUT2D eigenvalue weighted by atomic mass is 79.9. The Morgan fingerprint density at radius 3 is 2.44 bits per heavy atom. The minimum absolute atomic E-state index is 0.577. The van der Waals surface area contributed by atoms with Crippen molar-refractivity contribution in [3.05, 3.63) is 32.7 Å². The summed E-state index contributed by atoms with van der Waals surface area (Å²) in [4.78, 5) is 0. The second-order valence-electron chi connectivity index (χ2n) is 3.47. The molecule has 0 aliphatic heterocycles. The molecule has 0 fully saturated rings. The summed E-state index contributed by atoms with van der Waals surface area (Å²) in [6.07, 6.45) is 0.863. The lowest BCUT2D eigenvalue weighted by Gasteiger charge is -2.03. The highest BCUT2D eigenvalue weighted by Crippen LogP contribution is 2.30. The van der Waals surface area contributed by atoms with Crippen molar-refractivity contribution in [2.24, 2.45) is 0 Å². The number of nitrogens with zero attached hydrogens (tertiary/aromatic N) is 1. The fraction of sp³-hybridized carbons (Fsp3) is 0.182. The van der Waals surface area contributed by atoms with Crippen molar-refractivity contribution in [3.8, 4) is 11.3 Å².